The van der Waals surface area contributed by atoms with E-state index >= 15 is 0 Å². The van der Waals surface area contributed by atoms with Crippen molar-refractivity contribution in [3.05, 3.63) is 101 Å². The number of benzene rings is 3. The summed E-state index contributed by atoms with van der Waals surface area (Å²) in [4.78, 5) is 10.9. The lowest BCUT2D eigenvalue weighted by Gasteiger charge is -2.17. The summed E-state index contributed by atoms with van der Waals surface area (Å²) in [5, 5.41) is 17.2. The van der Waals surface area contributed by atoms with Crippen LogP contribution in [0.3, 0.4) is 0 Å². The van der Waals surface area contributed by atoms with E-state index < -0.39 is 5.97 Å². The molecule has 0 atom stereocenters. The van der Waals surface area contributed by atoms with Gasteiger partial charge in [-0.25, -0.2) is 4.79 Å². The third-order valence-electron chi connectivity index (χ3n) is 5.97. The molecule has 0 aliphatic heterocycles. The molecule has 0 unspecified atom stereocenters. The largest absolute Gasteiger partial charge is 0.494 e. The second-order valence-corrected chi connectivity index (χ2v) is 8.39. The van der Waals surface area contributed by atoms with Crippen LogP contribution in [0.25, 0.3) is 28.1 Å². The zero-order chi connectivity index (χ0) is 25.3. The first-order valence-electron chi connectivity index (χ1n) is 12.0. The molecular formula is C30H30N2O4. The lowest BCUT2D eigenvalue weighted by Crippen LogP contribution is -2.01. The molecule has 1 heterocycles. The molecule has 6 heteroatoms. The molecule has 0 bridgehead atoms. The number of rotatable bonds is 11. The zero-order valence-corrected chi connectivity index (χ0v) is 20.5. The first kappa shape index (κ1) is 24.9. The van der Waals surface area contributed by atoms with Crippen LogP contribution in [0.1, 0.15) is 42.0 Å². The number of aromatic nitrogens is 2. The Morgan fingerprint density at radius 2 is 1.69 bits per heavy atom. The van der Waals surface area contributed by atoms with E-state index in [1.165, 1.54) is 5.57 Å². The van der Waals surface area contributed by atoms with Gasteiger partial charge in [0.05, 0.1) is 18.3 Å². The van der Waals surface area contributed by atoms with E-state index in [1.807, 2.05) is 48.7 Å². The van der Waals surface area contributed by atoms with Crippen LogP contribution in [0.15, 0.2) is 79.0 Å². The zero-order valence-electron chi connectivity index (χ0n) is 20.5. The Hall–Kier alpha value is -4.16. The number of ether oxygens (including phenoxy) is 2. The van der Waals surface area contributed by atoms with Gasteiger partial charge in [-0.05, 0) is 70.2 Å². The van der Waals surface area contributed by atoms with Gasteiger partial charge in [0.2, 0.25) is 0 Å². The van der Waals surface area contributed by atoms with Crippen molar-refractivity contribution in [3.8, 4) is 5.75 Å². The van der Waals surface area contributed by atoms with E-state index in [-0.39, 0.29) is 0 Å². The molecule has 4 aromatic rings. The van der Waals surface area contributed by atoms with Crippen molar-refractivity contribution < 1.29 is 19.4 Å². The highest BCUT2D eigenvalue weighted by atomic mass is 16.5. The van der Waals surface area contributed by atoms with Gasteiger partial charge in [0.1, 0.15) is 5.75 Å². The minimum atomic E-state index is -0.965. The molecule has 0 saturated carbocycles. The number of methoxy groups -OCH3 is 1. The van der Waals surface area contributed by atoms with Crippen LogP contribution in [0.2, 0.25) is 0 Å². The predicted octanol–water partition coefficient (Wildman–Crippen LogP) is 6.45. The molecule has 184 valence electrons. The average Bonchev–Trinajstić information content (AvgIpc) is 3.37. The summed E-state index contributed by atoms with van der Waals surface area (Å²) >= 11 is 0. The lowest BCUT2D eigenvalue weighted by molar-refractivity contribution is -0.131. The Labute approximate surface area is 210 Å². The van der Waals surface area contributed by atoms with Crippen molar-refractivity contribution in [1.82, 2.24) is 10.2 Å². The van der Waals surface area contributed by atoms with Crippen molar-refractivity contribution in [2.75, 3.05) is 20.3 Å². The monoisotopic (exact) mass is 482 g/mol. The maximum atomic E-state index is 10.9. The predicted molar refractivity (Wildman–Crippen MR) is 144 cm³/mol. The van der Waals surface area contributed by atoms with E-state index in [4.69, 9.17) is 14.6 Å². The van der Waals surface area contributed by atoms with Crippen LogP contribution in [0.4, 0.5) is 0 Å². The van der Waals surface area contributed by atoms with Gasteiger partial charge in [-0.2, -0.15) is 5.10 Å². The minimum absolute atomic E-state index is 0.613. The van der Waals surface area contributed by atoms with Crippen LogP contribution < -0.4 is 4.74 Å². The first-order chi connectivity index (χ1) is 17.6. The summed E-state index contributed by atoms with van der Waals surface area (Å²) in [6.07, 6.45) is 6.25. The van der Waals surface area contributed by atoms with E-state index in [0.717, 1.165) is 63.4 Å². The van der Waals surface area contributed by atoms with Gasteiger partial charge >= 0.3 is 5.97 Å². The van der Waals surface area contributed by atoms with Gasteiger partial charge in [0.15, 0.2) is 0 Å². The topological polar surface area (TPSA) is 84.4 Å². The number of nitrogens with one attached hydrogen (secondary N) is 1. The molecule has 4 rings (SSSR count). The highest BCUT2D eigenvalue weighted by molar-refractivity contribution is 6.00. The normalized spacial score (nSPS) is 12.2. The van der Waals surface area contributed by atoms with Gasteiger partial charge in [-0.1, -0.05) is 49.4 Å². The van der Waals surface area contributed by atoms with Crippen molar-refractivity contribution in [2.24, 2.45) is 0 Å². The highest BCUT2D eigenvalue weighted by Crippen LogP contribution is 2.36. The molecule has 0 aliphatic rings. The van der Waals surface area contributed by atoms with E-state index in [2.05, 4.69) is 41.4 Å². The Kier molecular flexibility index (Phi) is 8.32. The summed E-state index contributed by atoms with van der Waals surface area (Å²) in [5.74, 6) is -0.131. The number of nitrogens with zero attached hydrogens (tertiary/aromatic N) is 1. The molecule has 6 nitrogen and oxygen atoms in total. The number of fused-ring (bicyclic) bond motifs is 1. The number of H-pyrrole nitrogens is 1. The highest BCUT2D eigenvalue weighted by Gasteiger charge is 2.14. The first-order valence-corrected chi connectivity index (χ1v) is 12.0. The number of carbonyl (C=O) groups is 1. The van der Waals surface area contributed by atoms with E-state index in [0.29, 0.717) is 13.2 Å². The van der Waals surface area contributed by atoms with E-state index in [1.54, 1.807) is 13.2 Å². The second-order valence-electron chi connectivity index (χ2n) is 8.39. The molecule has 2 N–H and O–H groups in total. The fourth-order valence-corrected chi connectivity index (χ4v) is 4.21. The molecule has 3 aromatic carbocycles. The smallest absolute Gasteiger partial charge is 0.328 e. The summed E-state index contributed by atoms with van der Waals surface area (Å²) in [7, 11) is 1.69. The quantitative estimate of drug-likeness (QED) is 0.146. The Balaban J connectivity index is 1.75. The number of carboxylic acids is 1. The standard InChI is InChI=1S/C30H30N2O4/c1-3-27(22-10-13-26(14-11-22)36-18-4-17-35-2)30(24-12-15-28-25(19-24)20-31-32-28)23-8-5-21(6-9-23)7-16-29(33)34/h5-16,19-20H,3-4,17-18H2,1-2H3,(H,31,32)(H,33,34)/b16-7+,30-27+. The Bertz CT molecular complexity index is 1370. The third-order valence-corrected chi connectivity index (χ3v) is 5.97. The van der Waals surface area contributed by atoms with Crippen molar-refractivity contribution in [1.29, 1.82) is 0 Å². The van der Waals surface area contributed by atoms with Crippen LogP contribution in [-0.4, -0.2) is 41.6 Å². The maximum absolute atomic E-state index is 10.9. The molecule has 1 aromatic heterocycles. The van der Waals surface area contributed by atoms with Crippen LogP contribution in [-0.2, 0) is 9.53 Å². The fourth-order valence-electron chi connectivity index (χ4n) is 4.21. The number of aromatic amines is 1. The van der Waals surface area contributed by atoms with Crippen molar-refractivity contribution in [2.45, 2.75) is 19.8 Å². The third kappa shape index (κ3) is 6.09. The maximum Gasteiger partial charge on any atom is 0.328 e. The average molecular weight is 483 g/mol. The number of hydrogen-bond donors (Lipinski definition) is 2. The lowest BCUT2D eigenvalue weighted by atomic mass is 9.87. The number of carboxylic acid groups (broad SMARTS) is 1. The summed E-state index contributed by atoms with van der Waals surface area (Å²) in [6.45, 7) is 3.45. The van der Waals surface area contributed by atoms with Gasteiger partial charge in [-0.15, -0.1) is 0 Å². The Morgan fingerprint density at radius 1 is 0.972 bits per heavy atom. The number of allylic oxidation sites excluding steroid dienone is 1. The van der Waals surface area contributed by atoms with Gasteiger partial charge in [0, 0.05) is 31.6 Å². The molecular weight excluding hydrogens is 452 g/mol. The molecule has 0 fully saturated rings. The molecule has 0 amide bonds. The fraction of sp³-hybridized carbons (Fsp3) is 0.200. The van der Waals surface area contributed by atoms with Gasteiger partial charge < -0.3 is 14.6 Å². The van der Waals surface area contributed by atoms with Crippen LogP contribution in [0, 0.1) is 0 Å². The summed E-state index contributed by atoms with van der Waals surface area (Å²) in [6, 6.07) is 22.5. The van der Waals surface area contributed by atoms with Crippen LogP contribution in [0.5, 0.6) is 5.75 Å². The molecule has 36 heavy (non-hydrogen) atoms. The molecule has 0 radical (unpaired) electrons. The summed E-state index contributed by atoms with van der Waals surface area (Å²) in [5.41, 5.74) is 7.43. The van der Waals surface area contributed by atoms with Gasteiger partial charge in [0.25, 0.3) is 0 Å². The molecule has 0 spiro atoms. The molecule has 0 aliphatic carbocycles. The van der Waals surface area contributed by atoms with E-state index in [9.17, 15) is 4.79 Å². The minimum Gasteiger partial charge on any atom is -0.494 e. The number of hydrogen-bond acceptors (Lipinski definition) is 4. The molecule has 0 saturated heterocycles. The van der Waals surface area contributed by atoms with Crippen molar-refractivity contribution >= 4 is 34.1 Å². The SMILES string of the molecule is CC/C(=C(/c1ccc(/C=C/C(=O)O)cc1)c1ccc2[nH]ncc2c1)c1ccc(OCCCOC)cc1. The van der Waals surface area contributed by atoms with Gasteiger partial charge in [-0.3, -0.25) is 5.10 Å². The second kappa shape index (κ2) is 12.0. The van der Waals surface area contributed by atoms with Crippen LogP contribution >= 0.6 is 0 Å². The summed E-state index contributed by atoms with van der Waals surface area (Å²) < 4.78 is 10.9. The van der Waals surface area contributed by atoms with Crippen molar-refractivity contribution in [3.63, 3.8) is 0 Å². The Morgan fingerprint density at radius 3 is 2.39 bits per heavy atom. The number of aliphatic carboxylic acids is 1.